The van der Waals surface area contributed by atoms with Crippen molar-refractivity contribution in [2.75, 3.05) is 44.3 Å². The third-order valence-electron chi connectivity index (χ3n) is 4.43. The molecule has 6 heteroatoms. The molecule has 21 heavy (non-hydrogen) atoms. The van der Waals surface area contributed by atoms with Crippen LogP contribution in [0.25, 0.3) is 0 Å². The van der Waals surface area contributed by atoms with E-state index in [0.717, 1.165) is 45.8 Å². The van der Waals surface area contributed by atoms with Gasteiger partial charge < -0.3 is 15.4 Å². The van der Waals surface area contributed by atoms with Gasteiger partial charge in [0.25, 0.3) is 0 Å². The van der Waals surface area contributed by atoms with Crippen LogP contribution in [-0.4, -0.2) is 50.3 Å². The van der Waals surface area contributed by atoms with Gasteiger partial charge in [-0.25, -0.2) is 8.78 Å². The van der Waals surface area contributed by atoms with E-state index in [-0.39, 0.29) is 12.1 Å². The van der Waals surface area contributed by atoms with Gasteiger partial charge in [0.2, 0.25) is 0 Å². The lowest BCUT2D eigenvalue weighted by atomic mass is 10.1. The number of anilines is 1. The van der Waals surface area contributed by atoms with Crippen molar-refractivity contribution in [3.63, 3.8) is 0 Å². The molecule has 0 aliphatic carbocycles. The van der Waals surface area contributed by atoms with Crippen LogP contribution >= 0.6 is 0 Å². The summed E-state index contributed by atoms with van der Waals surface area (Å²) in [6, 6.07) is 3.61. The average Bonchev–Trinajstić information content (AvgIpc) is 3.00. The van der Waals surface area contributed by atoms with Crippen LogP contribution in [0.5, 0.6) is 0 Å². The summed E-state index contributed by atoms with van der Waals surface area (Å²) in [5.41, 5.74) is 5.97. The van der Waals surface area contributed by atoms with Gasteiger partial charge >= 0.3 is 0 Å². The Hall–Kier alpha value is -1.24. The molecule has 2 aliphatic rings. The second-order valence-corrected chi connectivity index (χ2v) is 5.61. The Morgan fingerprint density at radius 3 is 2.62 bits per heavy atom. The van der Waals surface area contributed by atoms with E-state index in [2.05, 4.69) is 4.90 Å². The number of ether oxygens (including phenoxy) is 1. The molecule has 3 rings (SSSR count). The van der Waals surface area contributed by atoms with Crippen molar-refractivity contribution in [2.45, 2.75) is 19.0 Å². The van der Waals surface area contributed by atoms with E-state index in [9.17, 15) is 8.78 Å². The van der Waals surface area contributed by atoms with Crippen LogP contribution in [0.3, 0.4) is 0 Å². The summed E-state index contributed by atoms with van der Waals surface area (Å²) in [7, 11) is 0. The highest BCUT2D eigenvalue weighted by Crippen LogP contribution is 2.28. The summed E-state index contributed by atoms with van der Waals surface area (Å²) in [6.07, 6.45) is 0.972. The van der Waals surface area contributed by atoms with Crippen LogP contribution in [-0.2, 0) is 11.3 Å². The quantitative estimate of drug-likeness (QED) is 0.914. The summed E-state index contributed by atoms with van der Waals surface area (Å²) < 4.78 is 33.4. The minimum Gasteiger partial charge on any atom is -0.379 e. The van der Waals surface area contributed by atoms with Gasteiger partial charge in [-0.2, -0.15) is 0 Å². The molecular weight excluding hydrogens is 276 g/mol. The molecule has 0 spiro atoms. The third-order valence-corrected chi connectivity index (χ3v) is 4.43. The van der Waals surface area contributed by atoms with E-state index < -0.39 is 11.6 Å². The number of rotatable bonds is 3. The third kappa shape index (κ3) is 2.88. The van der Waals surface area contributed by atoms with Crippen molar-refractivity contribution < 1.29 is 13.5 Å². The Kier molecular flexibility index (Phi) is 4.37. The van der Waals surface area contributed by atoms with E-state index in [1.807, 2.05) is 4.90 Å². The number of halogens is 2. The van der Waals surface area contributed by atoms with E-state index in [1.54, 1.807) is 12.1 Å². The lowest BCUT2D eigenvalue weighted by Crippen LogP contribution is -2.44. The Balaban J connectivity index is 1.72. The summed E-state index contributed by atoms with van der Waals surface area (Å²) in [5, 5.41) is 0. The number of nitrogens with two attached hydrogens (primary N) is 1. The zero-order chi connectivity index (χ0) is 14.8. The molecule has 116 valence electrons. The zero-order valence-corrected chi connectivity index (χ0v) is 12.0. The summed E-state index contributed by atoms with van der Waals surface area (Å²) >= 11 is 0. The lowest BCUT2D eigenvalue weighted by Gasteiger charge is -2.32. The molecule has 1 aromatic rings. The van der Waals surface area contributed by atoms with E-state index in [0.29, 0.717) is 11.7 Å². The van der Waals surface area contributed by atoms with Gasteiger partial charge in [-0.05, 0) is 12.5 Å². The SMILES string of the molecule is NCc1ccc(N2CCC(N3CCOCC3)C2)c(F)c1F. The smallest absolute Gasteiger partial charge is 0.182 e. The minimum atomic E-state index is -0.815. The molecule has 0 saturated carbocycles. The fourth-order valence-corrected chi connectivity index (χ4v) is 3.18. The lowest BCUT2D eigenvalue weighted by molar-refractivity contribution is 0.0209. The Morgan fingerprint density at radius 1 is 1.14 bits per heavy atom. The van der Waals surface area contributed by atoms with Crippen LogP contribution in [0.2, 0.25) is 0 Å². The second kappa shape index (κ2) is 6.25. The average molecular weight is 297 g/mol. The molecule has 2 N–H and O–H groups in total. The molecule has 2 fully saturated rings. The predicted octanol–water partition coefficient (Wildman–Crippen LogP) is 1.33. The summed E-state index contributed by atoms with van der Waals surface area (Å²) in [6.45, 7) is 4.84. The molecule has 2 saturated heterocycles. The molecule has 2 aliphatic heterocycles. The number of benzene rings is 1. The van der Waals surface area contributed by atoms with Gasteiger partial charge in [0.05, 0.1) is 18.9 Å². The molecule has 0 amide bonds. The van der Waals surface area contributed by atoms with Gasteiger partial charge in [-0.1, -0.05) is 6.07 Å². The maximum absolute atomic E-state index is 14.2. The van der Waals surface area contributed by atoms with Crippen molar-refractivity contribution >= 4 is 5.69 Å². The van der Waals surface area contributed by atoms with Crippen LogP contribution in [0, 0.1) is 11.6 Å². The van der Waals surface area contributed by atoms with E-state index >= 15 is 0 Å². The topological polar surface area (TPSA) is 41.7 Å². The highest BCUT2D eigenvalue weighted by molar-refractivity contribution is 5.51. The first-order chi connectivity index (χ1) is 10.2. The van der Waals surface area contributed by atoms with Gasteiger partial charge in [0, 0.05) is 44.3 Å². The van der Waals surface area contributed by atoms with Crippen molar-refractivity contribution in [2.24, 2.45) is 5.73 Å². The first-order valence-corrected chi connectivity index (χ1v) is 7.44. The van der Waals surface area contributed by atoms with Gasteiger partial charge in [0.15, 0.2) is 11.6 Å². The zero-order valence-electron chi connectivity index (χ0n) is 12.0. The minimum absolute atomic E-state index is 0.0133. The second-order valence-electron chi connectivity index (χ2n) is 5.61. The van der Waals surface area contributed by atoms with Gasteiger partial charge in [0.1, 0.15) is 0 Å². The normalized spacial score (nSPS) is 23.8. The molecule has 0 bridgehead atoms. The fourth-order valence-electron chi connectivity index (χ4n) is 3.18. The van der Waals surface area contributed by atoms with E-state index in [1.165, 1.54) is 0 Å². The Morgan fingerprint density at radius 2 is 1.90 bits per heavy atom. The van der Waals surface area contributed by atoms with E-state index in [4.69, 9.17) is 10.5 Å². The Bertz CT molecular complexity index is 506. The monoisotopic (exact) mass is 297 g/mol. The van der Waals surface area contributed by atoms with Crippen LogP contribution < -0.4 is 10.6 Å². The van der Waals surface area contributed by atoms with Crippen molar-refractivity contribution in [1.82, 2.24) is 4.90 Å². The first-order valence-electron chi connectivity index (χ1n) is 7.44. The van der Waals surface area contributed by atoms with Gasteiger partial charge in [-0.15, -0.1) is 0 Å². The maximum Gasteiger partial charge on any atom is 0.182 e. The van der Waals surface area contributed by atoms with Crippen molar-refractivity contribution in [3.05, 3.63) is 29.3 Å². The summed E-state index contributed by atoms with van der Waals surface area (Å²) in [5.74, 6) is -1.59. The Labute approximate surface area is 123 Å². The predicted molar refractivity (Wildman–Crippen MR) is 77.3 cm³/mol. The first kappa shape index (κ1) is 14.7. The van der Waals surface area contributed by atoms with Crippen LogP contribution in [0.15, 0.2) is 12.1 Å². The van der Waals surface area contributed by atoms with Crippen molar-refractivity contribution in [1.29, 1.82) is 0 Å². The van der Waals surface area contributed by atoms with Crippen LogP contribution in [0.1, 0.15) is 12.0 Å². The molecule has 1 atom stereocenters. The number of morpholine rings is 1. The number of hydrogen-bond donors (Lipinski definition) is 1. The maximum atomic E-state index is 14.2. The largest absolute Gasteiger partial charge is 0.379 e. The van der Waals surface area contributed by atoms with Crippen LogP contribution in [0.4, 0.5) is 14.5 Å². The molecular formula is C15H21F2N3O. The van der Waals surface area contributed by atoms with Gasteiger partial charge in [-0.3, -0.25) is 4.90 Å². The fraction of sp³-hybridized carbons (Fsp3) is 0.600. The highest BCUT2D eigenvalue weighted by atomic mass is 19.2. The molecule has 2 heterocycles. The molecule has 1 aromatic carbocycles. The summed E-state index contributed by atoms with van der Waals surface area (Å²) in [4.78, 5) is 4.31. The number of hydrogen-bond acceptors (Lipinski definition) is 4. The molecule has 1 unspecified atom stereocenters. The molecule has 4 nitrogen and oxygen atoms in total. The highest BCUT2D eigenvalue weighted by Gasteiger charge is 2.30. The number of nitrogens with zero attached hydrogens (tertiary/aromatic N) is 2. The molecule has 0 radical (unpaired) electrons. The standard InChI is InChI=1S/C15H21F2N3O/c16-14-11(9-18)1-2-13(15(14)17)20-4-3-12(10-20)19-5-7-21-8-6-19/h1-2,12H,3-10,18H2. The van der Waals surface area contributed by atoms with Crippen molar-refractivity contribution in [3.8, 4) is 0 Å². The molecule has 0 aromatic heterocycles.